The highest BCUT2D eigenvalue weighted by Crippen LogP contribution is 2.36. The second kappa shape index (κ2) is 5.02. The van der Waals surface area contributed by atoms with Gasteiger partial charge in [-0.2, -0.15) is 0 Å². The Labute approximate surface area is 110 Å². The summed E-state index contributed by atoms with van der Waals surface area (Å²) in [6.07, 6.45) is 0.633. The zero-order valence-electron chi connectivity index (χ0n) is 11.2. The highest BCUT2D eigenvalue weighted by molar-refractivity contribution is 7.92. The van der Waals surface area contributed by atoms with Gasteiger partial charge < -0.3 is 5.32 Å². The van der Waals surface area contributed by atoms with E-state index in [2.05, 4.69) is 5.32 Å². The Balaban J connectivity index is 2.41. The molecule has 0 amide bonds. The molecule has 1 aromatic rings. The van der Waals surface area contributed by atoms with E-state index >= 15 is 0 Å². The Morgan fingerprint density at radius 2 is 2.00 bits per heavy atom. The summed E-state index contributed by atoms with van der Waals surface area (Å²) in [5, 5.41) is 2.69. The highest BCUT2D eigenvalue weighted by Gasteiger charge is 2.41. The first-order chi connectivity index (χ1) is 8.48. The fourth-order valence-electron chi connectivity index (χ4n) is 2.68. The minimum absolute atomic E-state index is 0.0569. The monoisotopic (exact) mass is 267 g/mol. The summed E-state index contributed by atoms with van der Waals surface area (Å²) < 4.78 is 24.9. The summed E-state index contributed by atoms with van der Waals surface area (Å²) in [5.74, 6) is 0. The molecule has 100 valence electrons. The predicted octanol–water partition coefficient (Wildman–Crippen LogP) is 2.09. The zero-order valence-corrected chi connectivity index (χ0v) is 12.0. The quantitative estimate of drug-likeness (QED) is 0.908. The average Bonchev–Trinajstić information content (AvgIpc) is 2.69. The molecule has 0 radical (unpaired) electrons. The van der Waals surface area contributed by atoms with Gasteiger partial charge in [0.1, 0.15) is 0 Å². The van der Waals surface area contributed by atoms with E-state index in [1.165, 1.54) is 0 Å². The van der Waals surface area contributed by atoms with Crippen LogP contribution in [0.1, 0.15) is 37.9 Å². The second-order valence-corrected chi connectivity index (χ2v) is 7.84. The van der Waals surface area contributed by atoms with Gasteiger partial charge in [0.15, 0.2) is 9.84 Å². The standard InChI is InChI=1S/C14H21NO2S/c1-4-15-14-12-8-6-5-7-11(12)9-13(14)18(16,17)10(2)3/h5-8,10,13-15H,4,9H2,1-3H3. The van der Waals surface area contributed by atoms with Crippen LogP contribution in [0.4, 0.5) is 0 Å². The van der Waals surface area contributed by atoms with Gasteiger partial charge in [-0.05, 0) is 37.9 Å². The minimum atomic E-state index is -3.08. The number of hydrogen-bond acceptors (Lipinski definition) is 3. The van der Waals surface area contributed by atoms with Crippen LogP contribution in [0.5, 0.6) is 0 Å². The van der Waals surface area contributed by atoms with Crippen molar-refractivity contribution in [3.63, 3.8) is 0 Å². The lowest BCUT2D eigenvalue weighted by molar-refractivity contribution is 0.512. The fourth-order valence-corrected chi connectivity index (χ4v) is 4.41. The first kappa shape index (κ1) is 13.6. The number of hydrogen-bond donors (Lipinski definition) is 1. The Morgan fingerprint density at radius 1 is 1.33 bits per heavy atom. The molecular weight excluding hydrogens is 246 g/mol. The maximum atomic E-state index is 12.4. The number of fused-ring (bicyclic) bond motifs is 1. The molecule has 1 aromatic carbocycles. The van der Waals surface area contributed by atoms with Crippen molar-refractivity contribution in [2.24, 2.45) is 0 Å². The molecule has 0 spiro atoms. The van der Waals surface area contributed by atoms with Gasteiger partial charge in [0.2, 0.25) is 0 Å². The molecule has 0 aromatic heterocycles. The van der Waals surface area contributed by atoms with E-state index in [4.69, 9.17) is 0 Å². The van der Waals surface area contributed by atoms with Crippen molar-refractivity contribution in [1.82, 2.24) is 5.32 Å². The number of benzene rings is 1. The number of rotatable bonds is 4. The van der Waals surface area contributed by atoms with Gasteiger partial charge in [0, 0.05) is 6.04 Å². The Hall–Kier alpha value is -0.870. The van der Waals surface area contributed by atoms with Gasteiger partial charge >= 0.3 is 0 Å². The molecule has 2 rings (SSSR count). The van der Waals surface area contributed by atoms with Crippen molar-refractivity contribution in [3.05, 3.63) is 35.4 Å². The van der Waals surface area contributed by atoms with Gasteiger partial charge in [-0.25, -0.2) is 8.42 Å². The molecule has 0 heterocycles. The van der Waals surface area contributed by atoms with Gasteiger partial charge in [0.25, 0.3) is 0 Å². The predicted molar refractivity (Wildman–Crippen MR) is 74.4 cm³/mol. The van der Waals surface area contributed by atoms with E-state index in [0.717, 1.165) is 17.7 Å². The Kier molecular flexibility index (Phi) is 3.78. The lowest BCUT2D eigenvalue weighted by Gasteiger charge is -2.23. The molecule has 0 aliphatic heterocycles. The lowest BCUT2D eigenvalue weighted by Crippen LogP contribution is -2.38. The molecular formula is C14H21NO2S. The van der Waals surface area contributed by atoms with Crippen molar-refractivity contribution in [2.45, 2.75) is 43.7 Å². The molecule has 4 heteroatoms. The molecule has 3 nitrogen and oxygen atoms in total. The van der Waals surface area contributed by atoms with Crippen LogP contribution in [0.3, 0.4) is 0 Å². The minimum Gasteiger partial charge on any atom is -0.309 e. The third kappa shape index (κ3) is 2.19. The van der Waals surface area contributed by atoms with E-state index < -0.39 is 9.84 Å². The van der Waals surface area contributed by atoms with Crippen LogP contribution in [0.2, 0.25) is 0 Å². The molecule has 0 fully saturated rings. The van der Waals surface area contributed by atoms with E-state index in [9.17, 15) is 8.42 Å². The van der Waals surface area contributed by atoms with Gasteiger partial charge in [-0.3, -0.25) is 0 Å². The number of nitrogens with one attached hydrogen (secondary N) is 1. The molecule has 0 bridgehead atoms. The second-order valence-electron chi connectivity index (χ2n) is 5.11. The van der Waals surface area contributed by atoms with Gasteiger partial charge in [-0.1, -0.05) is 31.2 Å². The highest BCUT2D eigenvalue weighted by atomic mass is 32.2. The topological polar surface area (TPSA) is 46.2 Å². The van der Waals surface area contributed by atoms with Crippen LogP contribution in [0.25, 0.3) is 0 Å². The van der Waals surface area contributed by atoms with Crippen molar-refractivity contribution >= 4 is 9.84 Å². The normalized spacial score (nSPS) is 23.3. The summed E-state index contributed by atoms with van der Waals surface area (Å²) in [7, 11) is -3.08. The van der Waals surface area contributed by atoms with E-state index in [1.54, 1.807) is 13.8 Å². The Bertz CT molecular complexity index is 522. The molecule has 2 atom stereocenters. The van der Waals surface area contributed by atoms with Gasteiger partial charge in [0.05, 0.1) is 10.5 Å². The SMILES string of the molecule is CCNC1c2ccccc2CC1S(=O)(=O)C(C)C. The summed E-state index contributed by atoms with van der Waals surface area (Å²) in [5.41, 5.74) is 2.31. The first-order valence-electron chi connectivity index (χ1n) is 6.52. The molecule has 1 aliphatic rings. The van der Waals surface area contributed by atoms with Crippen molar-refractivity contribution < 1.29 is 8.42 Å². The summed E-state index contributed by atoms with van der Waals surface area (Å²) >= 11 is 0. The van der Waals surface area contributed by atoms with Crippen LogP contribution >= 0.6 is 0 Å². The molecule has 1 aliphatic carbocycles. The van der Waals surface area contributed by atoms with Crippen LogP contribution in [0.15, 0.2) is 24.3 Å². The number of sulfone groups is 1. The van der Waals surface area contributed by atoms with Crippen LogP contribution in [0, 0.1) is 0 Å². The Morgan fingerprint density at radius 3 is 2.61 bits per heavy atom. The molecule has 18 heavy (non-hydrogen) atoms. The van der Waals surface area contributed by atoms with E-state index in [0.29, 0.717) is 6.42 Å². The van der Waals surface area contributed by atoms with Crippen molar-refractivity contribution in [2.75, 3.05) is 6.54 Å². The summed E-state index contributed by atoms with van der Waals surface area (Å²) in [6, 6.07) is 7.98. The van der Waals surface area contributed by atoms with E-state index in [1.807, 2.05) is 31.2 Å². The van der Waals surface area contributed by atoms with Crippen molar-refractivity contribution in [3.8, 4) is 0 Å². The van der Waals surface area contributed by atoms with E-state index in [-0.39, 0.29) is 16.5 Å². The average molecular weight is 267 g/mol. The van der Waals surface area contributed by atoms with Crippen LogP contribution < -0.4 is 5.32 Å². The van der Waals surface area contributed by atoms with Crippen LogP contribution in [-0.4, -0.2) is 25.5 Å². The maximum Gasteiger partial charge on any atom is 0.157 e. The fraction of sp³-hybridized carbons (Fsp3) is 0.571. The smallest absolute Gasteiger partial charge is 0.157 e. The maximum absolute atomic E-state index is 12.4. The summed E-state index contributed by atoms with van der Waals surface area (Å²) in [4.78, 5) is 0. The first-order valence-corrected chi connectivity index (χ1v) is 8.13. The lowest BCUT2D eigenvalue weighted by atomic mass is 10.1. The summed E-state index contributed by atoms with van der Waals surface area (Å²) in [6.45, 7) is 6.33. The van der Waals surface area contributed by atoms with Crippen LogP contribution in [-0.2, 0) is 16.3 Å². The third-order valence-electron chi connectivity index (χ3n) is 3.69. The molecule has 2 unspecified atom stereocenters. The molecule has 0 saturated heterocycles. The largest absolute Gasteiger partial charge is 0.309 e. The van der Waals surface area contributed by atoms with Gasteiger partial charge in [-0.15, -0.1) is 0 Å². The van der Waals surface area contributed by atoms with Crippen molar-refractivity contribution in [1.29, 1.82) is 0 Å². The molecule has 1 N–H and O–H groups in total. The zero-order chi connectivity index (χ0) is 13.3. The molecule has 0 saturated carbocycles. The third-order valence-corrected chi connectivity index (χ3v) is 6.28.